The summed E-state index contributed by atoms with van der Waals surface area (Å²) < 4.78 is 11.3. The van der Waals surface area contributed by atoms with Gasteiger partial charge < -0.3 is 15.2 Å². The van der Waals surface area contributed by atoms with E-state index in [0.29, 0.717) is 19.8 Å². The first-order valence-electron chi connectivity index (χ1n) is 7.79. The van der Waals surface area contributed by atoms with Crippen molar-refractivity contribution in [2.75, 3.05) is 19.8 Å². The highest BCUT2D eigenvalue weighted by Crippen LogP contribution is 2.29. The molecule has 1 atom stereocenters. The number of primary amides is 1. The molecule has 0 saturated carbocycles. The molecular formula is C18H24N2O3. The number of nitrogens with two attached hydrogens (primary N) is 1. The van der Waals surface area contributed by atoms with Gasteiger partial charge in [0.05, 0.1) is 6.04 Å². The van der Waals surface area contributed by atoms with E-state index in [1.165, 1.54) is 0 Å². The summed E-state index contributed by atoms with van der Waals surface area (Å²) in [6, 6.07) is 5.53. The lowest BCUT2D eigenvalue weighted by Gasteiger charge is -2.23. The van der Waals surface area contributed by atoms with Crippen molar-refractivity contribution in [3.63, 3.8) is 0 Å². The molecule has 0 bridgehead atoms. The predicted molar refractivity (Wildman–Crippen MR) is 90.5 cm³/mol. The van der Waals surface area contributed by atoms with Crippen molar-refractivity contribution in [1.82, 2.24) is 4.90 Å². The molecule has 1 saturated heterocycles. The third-order valence-electron chi connectivity index (χ3n) is 3.83. The summed E-state index contributed by atoms with van der Waals surface area (Å²) in [5, 5.41) is 0. The zero-order valence-electron chi connectivity index (χ0n) is 13.4. The molecule has 1 amide bonds. The first-order chi connectivity index (χ1) is 11.2. The second-order valence-electron chi connectivity index (χ2n) is 5.50. The Balaban J connectivity index is 2.16. The number of amides is 1. The van der Waals surface area contributed by atoms with E-state index in [0.717, 1.165) is 36.4 Å². The second kappa shape index (κ2) is 8.39. The van der Waals surface area contributed by atoms with Crippen molar-refractivity contribution in [1.29, 1.82) is 0 Å². The zero-order chi connectivity index (χ0) is 16.7. The molecule has 2 rings (SSSR count). The molecule has 1 aliphatic heterocycles. The molecule has 5 nitrogen and oxygen atoms in total. The van der Waals surface area contributed by atoms with E-state index in [9.17, 15) is 4.79 Å². The Hall–Kier alpha value is -2.27. The molecule has 1 heterocycles. The van der Waals surface area contributed by atoms with Crippen LogP contribution in [0.5, 0.6) is 11.5 Å². The van der Waals surface area contributed by atoms with Crippen molar-refractivity contribution >= 4 is 5.91 Å². The normalized spacial score (nSPS) is 17.7. The molecule has 0 aliphatic carbocycles. The van der Waals surface area contributed by atoms with Gasteiger partial charge in [-0.1, -0.05) is 31.4 Å². The number of nitrogens with zero attached hydrogens (tertiary/aromatic N) is 1. The smallest absolute Gasteiger partial charge is 0.234 e. The number of hydrogen-bond acceptors (Lipinski definition) is 4. The number of likely N-dealkylation sites (tertiary alicyclic amines) is 1. The molecule has 1 fully saturated rings. The van der Waals surface area contributed by atoms with Gasteiger partial charge in [0, 0.05) is 18.2 Å². The van der Waals surface area contributed by atoms with E-state index in [4.69, 9.17) is 15.2 Å². The molecule has 5 heteroatoms. The van der Waals surface area contributed by atoms with Gasteiger partial charge >= 0.3 is 0 Å². The molecule has 0 radical (unpaired) electrons. The molecule has 23 heavy (non-hydrogen) atoms. The molecule has 1 aromatic rings. The summed E-state index contributed by atoms with van der Waals surface area (Å²) in [6.45, 7) is 9.66. The van der Waals surface area contributed by atoms with Crippen LogP contribution in [0.15, 0.2) is 43.5 Å². The minimum Gasteiger partial charge on any atom is -0.489 e. The molecular weight excluding hydrogens is 292 g/mol. The standard InChI is InChI=1S/C18H24N2O3/c1-3-10-22-15-8-7-14(17(12-15)23-11-4-2)13-20-9-5-6-16(20)18(19)21/h3-4,7-8,12,16H,1-2,5-6,9-11,13H2,(H2,19,21)/t16-/m0/s1. The van der Waals surface area contributed by atoms with Crippen LogP contribution >= 0.6 is 0 Å². The highest BCUT2D eigenvalue weighted by molar-refractivity contribution is 5.80. The Morgan fingerprint density at radius 2 is 2.04 bits per heavy atom. The van der Waals surface area contributed by atoms with Crippen LogP contribution in [0.3, 0.4) is 0 Å². The number of carbonyl (C=O) groups excluding carboxylic acids is 1. The molecule has 1 aromatic carbocycles. The van der Waals surface area contributed by atoms with Gasteiger partial charge in [-0.15, -0.1) is 0 Å². The fourth-order valence-electron chi connectivity index (χ4n) is 2.75. The first kappa shape index (κ1) is 17.1. The Kier molecular flexibility index (Phi) is 6.23. The molecule has 124 valence electrons. The average Bonchev–Trinajstić information content (AvgIpc) is 3.01. The van der Waals surface area contributed by atoms with Crippen LogP contribution in [0.1, 0.15) is 18.4 Å². The summed E-state index contributed by atoms with van der Waals surface area (Å²) in [7, 11) is 0. The van der Waals surface area contributed by atoms with E-state index in [1.54, 1.807) is 12.2 Å². The third-order valence-corrected chi connectivity index (χ3v) is 3.83. The van der Waals surface area contributed by atoms with Crippen LogP contribution in [-0.4, -0.2) is 36.6 Å². The maximum atomic E-state index is 11.5. The fourth-order valence-corrected chi connectivity index (χ4v) is 2.75. The quantitative estimate of drug-likeness (QED) is 0.710. The maximum Gasteiger partial charge on any atom is 0.234 e. The van der Waals surface area contributed by atoms with E-state index < -0.39 is 0 Å². The molecule has 0 aromatic heterocycles. The summed E-state index contributed by atoms with van der Waals surface area (Å²) in [6.07, 6.45) is 5.19. The number of ether oxygens (including phenoxy) is 2. The van der Waals surface area contributed by atoms with E-state index in [-0.39, 0.29) is 11.9 Å². The third kappa shape index (κ3) is 4.60. The zero-order valence-corrected chi connectivity index (χ0v) is 13.4. The molecule has 2 N–H and O–H groups in total. The summed E-state index contributed by atoms with van der Waals surface area (Å²) in [4.78, 5) is 13.6. The summed E-state index contributed by atoms with van der Waals surface area (Å²) >= 11 is 0. The Morgan fingerprint density at radius 1 is 1.30 bits per heavy atom. The fraction of sp³-hybridized carbons (Fsp3) is 0.389. The number of carbonyl (C=O) groups is 1. The lowest BCUT2D eigenvalue weighted by molar-refractivity contribution is -0.122. The lowest BCUT2D eigenvalue weighted by atomic mass is 10.1. The van der Waals surface area contributed by atoms with Crippen LogP contribution in [0.25, 0.3) is 0 Å². The minimum atomic E-state index is -0.262. The molecule has 1 aliphatic rings. The van der Waals surface area contributed by atoms with Crippen molar-refractivity contribution in [3.8, 4) is 11.5 Å². The van der Waals surface area contributed by atoms with E-state index in [2.05, 4.69) is 18.1 Å². The van der Waals surface area contributed by atoms with Crippen LogP contribution in [-0.2, 0) is 11.3 Å². The van der Waals surface area contributed by atoms with Gasteiger partial charge in [0.1, 0.15) is 24.7 Å². The largest absolute Gasteiger partial charge is 0.489 e. The minimum absolute atomic E-state index is 0.195. The first-order valence-corrected chi connectivity index (χ1v) is 7.79. The van der Waals surface area contributed by atoms with Gasteiger partial charge in [0.2, 0.25) is 5.91 Å². The van der Waals surface area contributed by atoms with Gasteiger partial charge in [0.15, 0.2) is 0 Å². The SMILES string of the molecule is C=CCOc1ccc(CN2CCC[C@H]2C(N)=O)c(OCC=C)c1. The average molecular weight is 316 g/mol. The van der Waals surface area contributed by atoms with E-state index in [1.807, 2.05) is 18.2 Å². The highest BCUT2D eigenvalue weighted by Gasteiger charge is 2.29. The van der Waals surface area contributed by atoms with Crippen LogP contribution in [0.4, 0.5) is 0 Å². The van der Waals surface area contributed by atoms with Crippen molar-refractivity contribution < 1.29 is 14.3 Å². The number of rotatable bonds is 9. The number of hydrogen-bond donors (Lipinski definition) is 1. The predicted octanol–water partition coefficient (Wildman–Crippen LogP) is 2.27. The van der Waals surface area contributed by atoms with Crippen LogP contribution in [0, 0.1) is 0 Å². The van der Waals surface area contributed by atoms with Crippen molar-refractivity contribution in [3.05, 3.63) is 49.1 Å². The van der Waals surface area contributed by atoms with Crippen molar-refractivity contribution in [2.24, 2.45) is 5.73 Å². The van der Waals surface area contributed by atoms with Crippen LogP contribution < -0.4 is 15.2 Å². The van der Waals surface area contributed by atoms with Gasteiger partial charge in [0.25, 0.3) is 0 Å². The number of benzene rings is 1. The Labute approximate surface area is 137 Å². The van der Waals surface area contributed by atoms with Crippen LogP contribution in [0.2, 0.25) is 0 Å². The van der Waals surface area contributed by atoms with Gasteiger partial charge in [-0.05, 0) is 25.5 Å². The second-order valence-corrected chi connectivity index (χ2v) is 5.50. The maximum absolute atomic E-state index is 11.5. The van der Waals surface area contributed by atoms with Gasteiger partial charge in [-0.3, -0.25) is 9.69 Å². The molecule has 0 spiro atoms. The van der Waals surface area contributed by atoms with Crippen molar-refractivity contribution in [2.45, 2.75) is 25.4 Å². The van der Waals surface area contributed by atoms with Gasteiger partial charge in [-0.25, -0.2) is 0 Å². The highest BCUT2D eigenvalue weighted by atomic mass is 16.5. The topological polar surface area (TPSA) is 64.8 Å². The lowest BCUT2D eigenvalue weighted by Crippen LogP contribution is -2.39. The summed E-state index contributed by atoms with van der Waals surface area (Å²) in [5.41, 5.74) is 6.49. The van der Waals surface area contributed by atoms with E-state index >= 15 is 0 Å². The summed E-state index contributed by atoms with van der Waals surface area (Å²) in [5.74, 6) is 1.20. The Morgan fingerprint density at radius 3 is 2.74 bits per heavy atom. The molecule has 0 unspecified atom stereocenters. The van der Waals surface area contributed by atoms with Gasteiger partial charge in [-0.2, -0.15) is 0 Å². The Bertz CT molecular complexity index is 571. The monoisotopic (exact) mass is 316 g/mol.